The number of benzene rings is 2. The summed E-state index contributed by atoms with van der Waals surface area (Å²) in [6.45, 7) is 8.08. The molecule has 0 unspecified atom stereocenters. The van der Waals surface area contributed by atoms with E-state index in [-0.39, 0.29) is 6.10 Å². The molecular weight excluding hydrogens is 352 g/mol. The Morgan fingerprint density at radius 3 is 2.50 bits per heavy atom. The van der Waals surface area contributed by atoms with Gasteiger partial charge in [-0.15, -0.1) is 0 Å². The third-order valence-electron chi connectivity index (χ3n) is 6.23. The topological polar surface area (TPSA) is 55.8 Å². The normalized spacial score (nSPS) is 24.8. The molecule has 0 spiro atoms. The minimum absolute atomic E-state index is 0.132. The van der Waals surface area contributed by atoms with Crippen LogP contribution in [0.1, 0.15) is 52.5 Å². The van der Waals surface area contributed by atoms with Crippen LogP contribution in [-0.4, -0.2) is 24.3 Å². The number of methoxy groups -OCH3 is 1. The third-order valence-corrected chi connectivity index (χ3v) is 6.23. The fourth-order valence-electron chi connectivity index (χ4n) is 4.27. The summed E-state index contributed by atoms with van der Waals surface area (Å²) < 4.78 is 11.2. The van der Waals surface area contributed by atoms with E-state index in [1.165, 1.54) is 13.3 Å². The molecule has 28 heavy (non-hydrogen) atoms. The van der Waals surface area contributed by atoms with Gasteiger partial charge in [-0.3, -0.25) is 0 Å². The number of esters is 1. The highest BCUT2D eigenvalue weighted by atomic mass is 16.6. The van der Waals surface area contributed by atoms with Gasteiger partial charge in [0.2, 0.25) is 0 Å². The maximum atomic E-state index is 13.0. The van der Waals surface area contributed by atoms with Gasteiger partial charge in [-0.05, 0) is 72.1 Å². The highest BCUT2D eigenvalue weighted by Gasteiger charge is 2.40. The number of carbonyl (C=O) groups excluding carboxylic acids is 1. The molecule has 0 aromatic heterocycles. The summed E-state index contributed by atoms with van der Waals surface area (Å²) in [5, 5.41) is 13.0. The molecular formula is C24H32O4. The monoisotopic (exact) mass is 384 g/mol. The summed E-state index contributed by atoms with van der Waals surface area (Å²) in [6.07, 6.45) is 2.97. The minimum Gasteiger partial charge on any atom is -0.497 e. The average molecular weight is 385 g/mol. The van der Waals surface area contributed by atoms with Crippen LogP contribution >= 0.6 is 0 Å². The van der Waals surface area contributed by atoms with E-state index in [0.29, 0.717) is 23.3 Å². The van der Waals surface area contributed by atoms with Crippen molar-refractivity contribution in [3.8, 4) is 5.75 Å². The molecule has 3 rings (SSSR count). The Balaban J connectivity index is 1.82. The van der Waals surface area contributed by atoms with Gasteiger partial charge in [0.1, 0.15) is 11.9 Å². The molecule has 1 aliphatic rings. The number of aliphatic hydroxyl groups is 1. The van der Waals surface area contributed by atoms with Crippen molar-refractivity contribution < 1.29 is 19.4 Å². The third kappa shape index (κ3) is 4.17. The van der Waals surface area contributed by atoms with Crippen LogP contribution in [0.25, 0.3) is 10.8 Å². The first-order chi connectivity index (χ1) is 13.2. The van der Waals surface area contributed by atoms with Crippen molar-refractivity contribution in [2.75, 3.05) is 7.11 Å². The number of rotatable bonds is 5. The molecule has 0 bridgehead atoms. The van der Waals surface area contributed by atoms with Crippen LogP contribution < -0.4 is 4.74 Å². The van der Waals surface area contributed by atoms with Crippen LogP contribution in [0.4, 0.5) is 0 Å². The zero-order valence-electron chi connectivity index (χ0n) is 17.6. The van der Waals surface area contributed by atoms with Crippen molar-refractivity contribution in [1.29, 1.82) is 0 Å². The summed E-state index contributed by atoms with van der Waals surface area (Å²) in [5.41, 5.74) is -1.14. The molecule has 0 radical (unpaired) electrons. The number of fused-ring (bicyclic) bond motifs is 1. The van der Waals surface area contributed by atoms with Crippen molar-refractivity contribution in [3.05, 3.63) is 42.0 Å². The molecule has 1 aliphatic carbocycles. The van der Waals surface area contributed by atoms with Crippen LogP contribution in [0.2, 0.25) is 0 Å². The van der Waals surface area contributed by atoms with Crippen LogP contribution in [0.5, 0.6) is 5.75 Å². The lowest BCUT2D eigenvalue weighted by Crippen LogP contribution is -2.42. The van der Waals surface area contributed by atoms with Gasteiger partial charge in [-0.2, -0.15) is 0 Å². The molecule has 1 fully saturated rings. The van der Waals surface area contributed by atoms with Gasteiger partial charge >= 0.3 is 5.97 Å². The predicted octanol–water partition coefficient (Wildman–Crippen LogP) is 5.06. The van der Waals surface area contributed by atoms with Gasteiger partial charge in [0.05, 0.1) is 7.11 Å². The van der Waals surface area contributed by atoms with Crippen LogP contribution in [0, 0.1) is 17.8 Å². The van der Waals surface area contributed by atoms with E-state index in [4.69, 9.17) is 9.47 Å². The first kappa shape index (κ1) is 20.7. The smallest absolute Gasteiger partial charge is 0.342 e. The average Bonchev–Trinajstić information content (AvgIpc) is 2.66. The Hall–Kier alpha value is -2.07. The molecule has 4 nitrogen and oxygen atoms in total. The summed E-state index contributed by atoms with van der Waals surface area (Å²) in [7, 11) is 1.63. The lowest BCUT2D eigenvalue weighted by molar-refractivity contribution is -0.177. The number of carbonyl (C=O) groups is 1. The molecule has 4 atom stereocenters. The second-order valence-corrected chi connectivity index (χ2v) is 8.77. The molecule has 2 aromatic rings. The molecule has 0 amide bonds. The zero-order chi connectivity index (χ0) is 20.5. The standard InChI is InChI=1S/C24H32O4/c1-15(2)21-11-6-16(3)12-22(21)28-23(25)24(4,26)19-9-7-18-14-20(27-5)10-8-17(18)13-19/h7-10,13-16,21-22,26H,6,11-12H2,1-5H3/t16-,21+,22+,24-/m0/s1. The van der Waals surface area contributed by atoms with Crippen molar-refractivity contribution >= 4 is 16.7 Å². The van der Waals surface area contributed by atoms with Gasteiger partial charge in [-0.25, -0.2) is 4.79 Å². The van der Waals surface area contributed by atoms with Crippen molar-refractivity contribution in [1.82, 2.24) is 0 Å². The lowest BCUT2D eigenvalue weighted by atomic mass is 9.75. The second-order valence-electron chi connectivity index (χ2n) is 8.77. The zero-order valence-corrected chi connectivity index (χ0v) is 17.6. The molecule has 1 N–H and O–H groups in total. The summed E-state index contributed by atoms with van der Waals surface area (Å²) in [4.78, 5) is 13.0. The Morgan fingerprint density at radius 2 is 1.82 bits per heavy atom. The summed E-state index contributed by atoms with van der Waals surface area (Å²) in [5.74, 6) is 1.54. The fourth-order valence-corrected chi connectivity index (χ4v) is 4.27. The van der Waals surface area contributed by atoms with Crippen LogP contribution in [-0.2, 0) is 15.1 Å². The van der Waals surface area contributed by atoms with E-state index in [0.717, 1.165) is 29.4 Å². The first-order valence-corrected chi connectivity index (χ1v) is 10.2. The van der Waals surface area contributed by atoms with Crippen LogP contribution in [0.3, 0.4) is 0 Å². The number of ether oxygens (including phenoxy) is 2. The summed E-state index contributed by atoms with van der Waals surface area (Å²) >= 11 is 0. The molecule has 0 aliphatic heterocycles. The van der Waals surface area contributed by atoms with Crippen molar-refractivity contribution in [3.63, 3.8) is 0 Å². The Kier molecular flexibility index (Phi) is 5.99. The molecule has 2 aromatic carbocycles. The van der Waals surface area contributed by atoms with Crippen LogP contribution in [0.15, 0.2) is 36.4 Å². The minimum atomic E-state index is -1.68. The number of hydrogen-bond donors (Lipinski definition) is 1. The Bertz CT molecular complexity index is 840. The predicted molar refractivity (Wildman–Crippen MR) is 111 cm³/mol. The molecule has 0 heterocycles. The van der Waals surface area contributed by atoms with E-state index in [9.17, 15) is 9.90 Å². The van der Waals surface area contributed by atoms with E-state index < -0.39 is 11.6 Å². The lowest BCUT2D eigenvalue weighted by Gasteiger charge is -2.38. The molecule has 0 saturated heterocycles. The van der Waals surface area contributed by atoms with Gasteiger partial charge in [0, 0.05) is 0 Å². The van der Waals surface area contributed by atoms with Gasteiger partial charge in [0.25, 0.3) is 0 Å². The number of hydrogen-bond acceptors (Lipinski definition) is 4. The molecule has 152 valence electrons. The first-order valence-electron chi connectivity index (χ1n) is 10.2. The second kappa shape index (κ2) is 8.12. The van der Waals surface area contributed by atoms with E-state index in [2.05, 4.69) is 20.8 Å². The fraction of sp³-hybridized carbons (Fsp3) is 0.542. The quantitative estimate of drug-likeness (QED) is 0.732. The molecule has 1 saturated carbocycles. The SMILES string of the molecule is COc1ccc2cc([C@](C)(O)C(=O)O[C@@H]3C[C@@H](C)CC[C@@H]3C(C)C)ccc2c1. The largest absolute Gasteiger partial charge is 0.497 e. The Labute approximate surface area is 167 Å². The maximum absolute atomic E-state index is 13.0. The van der Waals surface area contributed by atoms with Gasteiger partial charge < -0.3 is 14.6 Å². The van der Waals surface area contributed by atoms with Gasteiger partial charge in [0.15, 0.2) is 5.60 Å². The Morgan fingerprint density at radius 1 is 1.14 bits per heavy atom. The van der Waals surface area contributed by atoms with E-state index in [1.54, 1.807) is 13.2 Å². The highest BCUT2D eigenvalue weighted by Crippen LogP contribution is 2.37. The van der Waals surface area contributed by atoms with E-state index in [1.807, 2.05) is 30.3 Å². The molecule has 4 heteroatoms. The van der Waals surface area contributed by atoms with Gasteiger partial charge in [-0.1, -0.05) is 45.4 Å². The highest BCUT2D eigenvalue weighted by molar-refractivity contribution is 5.87. The summed E-state index contributed by atoms with van der Waals surface area (Å²) in [6, 6.07) is 11.3. The van der Waals surface area contributed by atoms with E-state index >= 15 is 0 Å². The van der Waals surface area contributed by atoms with Crippen molar-refractivity contribution in [2.24, 2.45) is 17.8 Å². The maximum Gasteiger partial charge on any atom is 0.342 e. The van der Waals surface area contributed by atoms with Crippen molar-refractivity contribution in [2.45, 2.75) is 58.7 Å².